The van der Waals surface area contributed by atoms with Crippen LogP contribution < -0.4 is 4.90 Å². The van der Waals surface area contributed by atoms with Crippen molar-refractivity contribution in [2.75, 3.05) is 4.90 Å². The number of carbonyl (C=O) groups is 3. The first-order valence-corrected chi connectivity index (χ1v) is 10.2. The van der Waals surface area contributed by atoms with E-state index in [4.69, 9.17) is 0 Å². The Kier molecular flexibility index (Phi) is 5.18. The molecule has 2 aromatic carbocycles. The van der Waals surface area contributed by atoms with E-state index in [-0.39, 0.29) is 42.4 Å². The van der Waals surface area contributed by atoms with Gasteiger partial charge in [-0.05, 0) is 77.4 Å². The van der Waals surface area contributed by atoms with Gasteiger partial charge in [0.2, 0.25) is 11.8 Å². The van der Waals surface area contributed by atoms with E-state index >= 15 is 0 Å². The van der Waals surface area contributed by atoms with E-state index in [9.17, 15) is 18.8 Å². The Morgan fingerprint density at radius 1 is 1.07 bits per heavy atom. The van der Waals surface area contributed by atoms with Gasteiger partial charge in [-0.3, -0.25) is 14.4 Å². The predicted molar refractivity (Wildman–Crippen MR) is 110 cm³/mol. The summed E-state index contributed by atoms with van der Waals surface area (Å²) >= 11 is 2.15. The van der Waals surface area contributed by atoms with Gasteiger partial charge in [0.25, 0.3) is 5.91 Å². The molecular formula is C21H18FIN2O3. The topological polar surface area (TPSA) is 57.7 Å². The molecule has 0 N–H and O–H groups in total. The van der Waals surface area contributed by atoms with Gasteiger partial charge in [-0.1, -0.05) is 12.1 Å². The van der Waals surface area contributed by atoms with Gasteiger partial charge in [0.05, 0.1) is 12.1 Å². The molecule has 2 fully saturated rings. The number of halogens is 2. The fraction of sp³-hybridized carbons (Fsp3) is 0.286. The van der Waals surface area contributed by atoms with Crippen LogP contribution in [0.15, 0.2) is 48.5 Å². The van der Waals surface area contributed by atoms with E-state index in [1.807, 2.05) is 12.1 Å². The molecule has 144 valence electrons. The van der Waals surface area contributed by atoms with Gasteiger partial charge in [0.15, 0.2) is 0 Å². The quantitative estimate of drug-likeness (QED) is 0.475. The zero-order valence-corrected chi connectivity index (χ0v) is 17.1. The third kappa shape index (κ3) is 3.80. The number of imide groups is 1. The van der Waals surface area contributed by atoms with E-state index in [0.717, 1.165) is 22.0 Å². The number of amides is 3. The predicted octanol–water partition coefficient (Wildman–Crippen LogP) is 3.50. The number of carbonyl (C=O) groups excluding carboxylic acids is 3. The molecule has 1 aliphatic carbocycles. The van der Waals surface area contributed by atoms with Crippen LogP contribution in [0, 0.1) is 15.3 Å². The van der Waals surface area contributed by atoms with Gasteiger partial charge in [0, 0.05) is 16.0 Å². The van der Waals surface area contributed by atoms with E-state index in [1.165, 1.54) is 21.9 Å². The lowest BCUT2D eigenvalue weighted by Crippen LogP contribution is -2.45. The number of anilines is 1. The van der Waals surface area contributed by atoms with Gasteiger partial charge in [-0.25, -0.2) is 9.29 Å². The van der Waals surface area contributed by atoms with Gasteiger partial charge in [-0.2, -0.15) is 0 Å². The molecule has 7 heteroatoms. The Morgan fingerprint density at radius 2 is 1.71 bits per heavy atom. The van der Waals surface area contributed by atoms with Crippen LogP contribution in [0.5, 0.6) is 0 Å². The maximum Gasteiger partial charge on any atom is 0.257 e. The zero-order valence-electron chi connectivity index (χ0n) is 15.0. The molecule has 3 amide bonds. The summed E-state index contributed by atoms with van der Waals surface area (Å²) in [5, 5.41) is 0. The normalized spacial score (nSPS) is 19.2. The monoisotopic (exact) mass is 492 g/mol. The number of hydrogen-bond donors (Lipinski definition) is 0. The summed E-state index contributed by atoms with van der Waals surface area (Å²) in [7, 11) is 0. The molecule has 1 aliphatic heterocycles. The van der Waals surface area contributed by atoms with Gasteiger partial charge in [0.1, 0.15) is 11.9 Å². The van der Waals surface area contributed by atoms with E-state index < -0.39 is 6.04 Å². The highest BCUT2D eigenvalue weighted by Gasteiger charge is 2.46. The van der Waals surface area contributed by atoms with Gasteiger partial charge < -0.3 is 4.90 Å². The molecule has 1 atom stereocenters. The van der Waals surface area contributed by atoms with Crippen molar-refractivity contribution in [3.05, 3.63) is 63.5 Å². The number of rotatable bonds is 5. The van der Waals surface area contributed by atoms with Crippen molar-refractivity contribution in [3.63, 3.8) is 0 Å². The minimum atomic E-state index is -0.829. The Morgan fingerprint density at radius 3 is 2.32 bits per heavy atom. The summed E-state index contributed by atoms with van der Waals surface area (Å²) in [6.07, 6.45) is 1.56. The molecule has 1 saturated carbocycles. The second-order valence-corrected chi connectivity index (χ2v) is 8.38. The van der Waals surface area contributed by atoms with E-state index in [2.05, 4.69) is 22.6 Å². The lowest BCUT2D eigenvalue weighted by Gasteiger charge is -2.28. The highest BCUT2D eigenvalue weighted by atomic mass is 127. The van der Waals surface area contributed by atoms with Crippen LogP contribution in [0.3, 0.4) is 0 Å². The van der Waals surface area contributed by atoms with Crippen LogP contribution in [-0.2, 0) is 20.9 Å². The standard InChI is InChI=1S/C21H18FIN2O3/c22-15-5-1-13(2-6-15)12-24(20(27)14-3-4-14)18-11-19(26)25(21(18)28)17-9-7-16(23)8-10-17/h1-2,5-10,14,18H,3-4,11-12H2. The van der Waals surface area contributed by atoms with Crippen LogP contribution in [0.4, 0.5) is 10.1 Å². The Hall–Kier alpha value is -2.29. The van der Waals surface area contributed by atoms with Crippen LogP contribution in [0.25, 0.3) is 0 Å². The van der Waals surface area contributed by atoms with E-state index in [1.54, 1.807) is 24.3 Å². The molecule has 1 unspecified atom stereocenters. The number of benzene rings is 2. The smallest absolute Gasteiger partial charge is 0.257 e. The molecule has 0 aromatic heterocycles. The average molecular weight is 492 g/mol. The first-order chi connectivity index (χ1) is 13.4. The lowest BCUT2D eigenvalue weighted by atomic mass is 10.1. The Labute approximate surface area is 175 Å². The van der Waals surface area contributed by atoms with Crippen molar-refractivity contribution in [2.45, 2.75) is 31.8 Å². The molecule has 0 radical (unpaired) electrons. The fourth-order valence-corrected chi connectivity index (χ4v) is 3.77. The van der Waals surface area contributed by atoms with Crippen molar-refractivity contribution in [1.29, 1.82) is 0 Å². The molecule has 4 rings (SSSR count). The molecule has 1 heterocycles. The summed E-state index contributed by atoms with van der Waals surface area (Å²) < 4.78 is 14.2. The summed E-state index contributed by atoms with van der Waals surface area (Å²) in [5.74, 6) is -1.26. The molecule has 0 spiro atoms. The SMILES string of the molecule is O=C1CC(N(Cc2ccc(F)cc2)C(=O)C2CC2)C(=O)N1c1ccc(I)cc1. The first kappa shape index (κ1) is 19.0. The Bertz CT molecular complexity index is 926. The Balaban J connectivity index is 1.61. The second-order valence-electron chi connectivity index (χ2n) is 7.13. The summed E-state index contributed by atoms with van der Waals surface area (Å²) in [6, 6.07) is 12.1. The maximum absolute atomic E-state index is 13.2. The van der Waals surface area contributed by atoms with Crippen LogP contribution in [0.2, 0.25) is 0 Å². The van der Waals surface area contributed by atoms with E-state index in [0.29, 0.717) is 5.69 Å². The highest BCUT2D eigenvalue weighted by molar-refractivity contribution is 14.1. The van der Waals surface area contributed by atoms with Crippen molar-refractivity contribution < 1.29 is 18.8 Å². The van der Waals surface area contributed by atoms with Crippen molar-refractivity contribution >= 4 is 46.0 Å². The highest BCUT2D eigenvalue weighted by Crippen LogP contribution is 2.35. The molecule has 2 aliphatic rings. The van der Waals surface area contributed by atoms with Gasteiger partial charge in [-0.15, -0.1) is 0 Å². The fourth-order valence-electron chi connectivity index (χ4n) is 3.41. The van der Waals surface area contributed by atoms with Crippen LogP contribution in [0.1, 0.15) is 24.8 Å². The number of hydrogen-bond acceptors (Lipinski definition) is 3. The summed E-state index contributed by atoms with van der Waals surface area (Å²) in [4.78, 5) is 41.2. The zero-order chi connectivity index (χ0) is 19.8. The van der Waals surface area contributed by atoms with Crippen molar-refractivity contribution in [1.82, 2.24) is 4.90 Å². The van der Waals surface area contributed by atoms with Gasteiger partial charge >= 0.3 is 0 Å². The summed E-state index contributed by atoms with van der Waals surface area (Å²) in [6.45, 7) is 0.180. The first-order valence-electron chi connectivity index (χ1n) is 9.11. The summed E-state index contributed by atoms with van der Waals surface area (Å²) in [5.41, 5.74) is 1.24. The third-order valence-electron chi connectivity index (χ3n) is 5.06. The van der Waals surface area contributed by atoms with Crippen molar-refractivity contribution in [3.8, 4) is 0 Å². The average Bonchev–Trinajstić information content (AvgIpc) is 3.48. The maximum atomic E-state index is 13.2. The molecule has 5 nitrogen and oxygen atoms in total. The molecule has 0 bridgehead atoms. The lowest BCUT2D eigenvalue weighted by molar-refractivity contribution is -0.140. The largest absolute Gasteiger partial charge is 0.326 e. The van der Waals surface area contributed by atoms with Crippen LogP contribution in [-0.4, -0.2) is 28.7 Å². The molecule has 2 aromatic rings. The molecule has 28 heavy (non-hydrogen) atoms. The third-order valence-corrected chi connectivity index (χ3v) is 5.78. The van der Waals surface area contributed by atoms with Crippen LogP contribution >= 0.6 is 22.6 Å². The second kappa shape index (κ2) is 7.62. The van der Waals surface area contributed by atoms with Crippen molar-refractivity contribution in [2.24, 2.45) is 5.92 Å². The minimum absolute atomic E-state index is 0.0372. The molecule has 1 saturated heterocycles. The molecular weight excluding hydrogens is 474 g/mol. The minimum Gasteiger partial charge on any atom is -0.326 e. The number of nitrogens with zero attached hydrogens (tertiary/aromatic N) is 2.